The maximum absolute atomic E-state index is 13.9. The zero-order valence-electron chi connectivity index (χ0n) is 11.7. The van der Waals surface area contributed by atoms with Crippen molar-refractivity contribution in [2.45, 2.75) is 6.54 Å². The van der Waals surface area contributed by atoms with Crippen LogP contribution in [0.3, 0.4) is 0 Å². The van der Waals surface area contributed by atoms with Crippen LogP contribution in [0.5, 0.6) is 0 Å². The lowest BCUT2D eigenvalue weighted by Gasteiger charge is -2.35. The second-order valence-electron chi connectivity index (χ2n) is 5.21. The molecule has 0 aliphatic carbocycles. The summed E-state index contributed by atoms with van der Waals surface area (Å²) in [5, 5.41) is 0. The van der Waals surface area contributed by atoms with E-state index in [9.17, 15) is 4.39 Å². The van der Waals surface area contributed by atoms with Gasteiger partial charge in [-0.2, -0.15) is 0 Å². The van der Waals surface area contributed by atoms with Gasteiger partial charge >= 0.3 is 0 Å². The maximum Gasteiger partial charge on any atom is 0.166 e. The largest absolute Gasteiger partial charge is 0.352 e. The molecule has 1 aliphatic heterocycles. The molecule has 1 saturated heterocycles. The van der Waals surface area contributed by atoms with Gasteiger partial charge in [0.2, 0.25) is 0 Å². The highest BCUT2D eigenvalue weighted by Crippen LogP contribution is 2.21. The number of benzene rings is 1. The number of rotatable bonds is 3. The third-order valence-electron chi connectivity index (χ3n) is 3.71. The van der Waals surface area contributed by atoms with Crippen molar-refractivity contribution in [3.8, 4) is 0 Å². The standard InChI is InChI=1S/C16H17BrFN3/c17-14-10-15(18)16(19-11-14)21-8-6-20(7-9-21)12-13-4-2-1-3-5-13/h1-5,10-11H,6-9,12H2. The molecule has 1 aromatic carbocycles. The molecule has 0 radical (unpaired) electrons. The van der Waals surface area contributed by atoms with E-state index in [-0.39, 0.29) is 5.82 Å². The fourth-order valence-electron chi connectivity index (χ4n) is 2.60. The number of anilines is 1. The molecule has 110 valence electrons. The van der Waals surface area contributed by atoms with Crippen LogP contribution in [0.15, 0.2) is 47.1 Å². The highest BCUT2D eigenvalue weighted by molar-refractivity contribution is 9.10. The molecule has 1 aliphatic rings. The summed E-state index contributed by atoms with van der Waals surface area (Å²) in [6.07, 6.45) is 1.65. The molecule has 2 heterocycles. The smallest absolute Gasteiger partial charge is 0.166 e. The molecule has 3 nitrogen and oxygen atoms in total. The van der Waals surface area contributed by atoms with Crippen molar-refractivity contribution in [2.75, 3.05) is 31.1 Å². The normalized spacial score (nSPS) is 16.2. The Morgan fingerprint density at radius 2 is 1.81 bits per heavy atom. The van der Waals surface area contributed by atoms with E-state index >= 15 is 0 Å². The third kappa shape index (κ3) is 3.60. The van der Waals surface area contributed by atoms with Gasteiger partial charge in [-0.25, -0.2) is 9.37 Å². The van der Waals surface area contributed by atoms with Crippen molar-refractivity contribution >= 4 is 21.7 Å². The highest BCUT2D eigenvalue weighted by Gasteiger charge is 2.20. The van der Waals surface area contributed by atoms with Crippen LogP contribution in [0.4, 0.5) is 10.2 Å². The van der Waals surface area contributed by atoms with Crippen LogP contribution in [0, 0.1) is 5.82 Å². The molecule has 1 aromatic heterocycles. The van der Waals surface area contributed by atoms with Gasteiger partial charge in [0.05, 0.1) is 0 Å². The Morgan fingerprint density at radius 3 is 2.48 bits per heavy atom. The monoisotopic (exact) mass is 349 g/mol. The van der Waals surface area contributed by atoms with Gasteiger partial charge in [0.1, 0.15) is 0 Å². The Kier molecular flexibility index (Phi) is 4.51. The second-order valence-corrected chi connectivity index (χ2v) is 6.12. The average molecular weight is 350 g/mol. The minimum absolute atomic E-state index is 0.263. The molecule has 0 saturated carbocycles. The van der Waals surface area contributed by atoms with Gasteiger partial charge in [0.25, 0.3) is 0 Å². The fourth-order valence-corrected chi connectivity index (χ4v) is 2.90. The number of nitrogens with zero attached hydrogens (tertiary/aromatic N) is 3. The summed E-state index contributed by atoms with van der Waals surface area (Å²) in [5.41, 5.74) is 1.32. The van der Waals surface area contributed by atoms with E-state index in [1.165, 1.54) is 11.6 Å². The lowest BCUT2D eigenvalue weighted by molar-refractivity contribution is 0.248. The summed E-state index contributed by atoms with van der Waals surface area (Å²) in [6.45, 7) is 4.40. The van der Waals surface area contributed by atoms with Crippen LogP contribution in [0.25, 0.3) is 0 Å². The van der Waals surface area contributed by atoms with E-state index < -0.39 is 0 Å². The van der Waals surface area contributed by atoms with E-state index in [4.69, 9.17) is 0 Å². The van der Waals surface area contributed by atoms with Crippen molar-refractivity contribution in [3.63, 3.8) is 0 Å². The van der Waals surface area contributed by atoms with Gasteiger partial charge in [-0.15, -0.1) is 0 Å². The minimum atomic E-state index is -0.263. The van der Waals surface area contributed by atoms with Crippen LogP contribution in [-0.4, -0.2) is 36.1 Å². The van der Waals surface area contributed by atoms with E-state index in [1.54, 1.807) is 6.20 Å². The summed E-state index contributed by atoms with van der Waals surface area (Å²) < 4.78 is 14.6. The number of pyridine rings is 1. The first-order valence-corrected chi connectivity index (χ1v) is 7.84. The Labute approximate surface area is 132 Å². The van der Waals surface area contributed by atoms with Crippen molar-refractivity contribution in [3.05, 3.63) is 58.4 Å². The predicted octanol–water partition coefficient (Wildman–Crippen LogP) is 3.31. The Hall–Kier alpha value is -1.46. The molecule has 3 rings (SSSR count). The van der Waals surface area contributed by atoms with E-state index in [1.807, 2.05) is 11.0 Å². The molecule has 0 atom stereocenters. The molecule has 1 fully saturated rings. The van der Waals surface area contributed by atoms with Crippen LogP contribution in [-0.2, 0) is 6.54 Å². The maximum atomic E-state index is 13.9. The summed E-state index contributed by atoms with van der Waals surface area (Å²) in [6, 6.07) is 11.9. The van der Waals surface area contributed by atoms with Gasteiger partial charge < -0.3 is 4.90 Å². The van der Waals surface area contributed by atoms with Gasteiger partial charge in [0.15, 0.2) is 11.6 Å². The first-order chi connectivity index (χ1) is 10.2. The average Bonchev–Trinajstić information content (AvgIpc) is 2.49. The van der Waals surface area contributed by atoms with E-state index in [0.29, 0.717) is 10.3 Å². The SMILES string of the molecule is Fc1cc(Br)cnc1N1CCN(Cc2ccccc2)CC1. The van der Waals surface area contributed by atoms with Crippen LogP contribution in [0.2, 0.25) is 0 Å². The van der Waals surface area contributed by atoms with Crippen LogP contribution < -0.4 is 4.90 Å². The molecule has 5 heteroatoms. The van der Waals surface area contributed by atoms with E-state index in [2.05, 4.69) is 50.1 Å². The van der Waals surface area contributed by atoms with Crippen molar-refractivity contribution in [1.82, 2.24) is 9.88 Å². The fraction of sp³-hybridized carbons (Fsp3) is 0.312. The molecule has 0 N–H and O–H groups in total. The first-order valence-electron chi connectivity index (χ1n) is 7.04. The second kappa shape index (κ2) is 6.54. The molecule has 0 unspecified atom stereocenters. The number of hydrogen-bond acceptors (Lipinski definition) is 3. The highest BCUT2D eigenvalue weighted by atomic mass is 79.9. The lowest BCUT2D eigenvalue weighted by atomic mass is 10.2. The number of aromatic nitrogens is 1. The summed E-state index contributed by atoms with van der Waals surface area (Å²) >= 11 is 3.24. The number of halogens is 2. The van der Waals surface area contributed by atoms with Crippen molar-refractivity contribution in [1.29, 1.82) is 0 Å². The van der Waals surface area contributed by atoms with E-state index in [0.717, 1.165) is 32.7 Å². The van der Waals surface area contributed by atoms with Crippen LogP contribution >= 0.6 is 15.9 Å². The van der Waals surface area contributed by atoms with Gasteiger partial charge in [-0.05, 0) is 27.6 Å². The zero-order valence-corrected chi connectivity index (χ0v) is 13.3. The number of hydrogen-bond donors (Lipinski definition) is 0. The Balaban J connectivity index is 1.60. The Bertz CT molecular complexity index is 598. The molecular formula is C16H17BrFN3. The van der Waals surface area contributed by atoms with Gasteiger partial charge in [-0.1, -0.05) is 30.3 Å². The van der Waals surface area contributed by atoms with Crippen molar-refractivity contribution in [2.24, 2.45) is 0 Å². The number of piperazine rings is 1. The molecule has 2 aromatic rings. The quantitative estimate of drug-likeness (QED) is 0.847. The zero-order chi connectivity index (χ0) is 14.7. The topological polar surface area (TPSA) is 19.4 Å². The summed E-state index contributed by atoms with van der Waals surface area (Å²) in [7, 11) is 0. The van der Waals surface area contributed by atoms with Crippen molar-refractivity contribution < 1.29 is 4.39 Å². The van der Waals surface area contributed by atoms with Crippen LogP contribution in [0.1, 0.15) is 5.56 Å². The summed E-state index contributed by atoms with van der Waals surface area (Å²) in [5.74, 6) is 0.193. The first kappa shape index (κ1) is 14.5. The van der Waals surface area contributed by atoms with Gasteiger partial charge in [0, 0.05) is 43.4 Å². The minimum Gasteiger partial charge on any atom is -0.352 e. The molecule has 0 spiro atoms. The molecule has 0 bridgehead atoms. The van der Waals surface area contributed by atoms with Gasteiger partial charge in [-0.3, -0.25) is 4.90 Å². The third-order valence-corrected chi connectivity index (χ3v) is 4.14. The molecule has 21 heavy (non-hydrogen) atoms. The predicted molar refractivity (Wildman–Crippen MR) is 85.8 cm³/mol. The molecule has 0 amide bonds. The lowest BCUT2D eigenvalue weighted by Crippen LogP contribution is -2.46. The molecular weight excluding hydrogens is 333 g/mol. The Morgan fingerprint density at radius 1 is 1.10 bits per heavy atom. The summed E-state index contributed by atoms with van der Waals surface area (Å²) in [4.78, 5) is 8.60.